The third-order valence-corrected chi connectivity index (χ3v) is 1.60. The van der Waals surface area contributed by atoms with Crippen LogP contribution in [0.4, 0.5) is 0 Å². The van der Waals surface area contributed by atoms with Crippen LogP contribution in [-0.4, -0.2) is 17.6 Å². The van der Waals surface area contributed by atoms with Crippen LogP contribution in [0, 0.1) is 0 Å². The van der Waals surface area contributed by atoms with Gasteiger partial charge in [-0.2, -0.15) is 0 Å². The Hall–Kier alpha value is -1.52. The van der Waals surface area contributed by atoms with Crippen LogP contribution < -0.4 is 5.32 Å². The van der Waals surface area contributed by atoms with Crippen LogP contribution in [0.1, 0.15) is 30.1 Å². The average molecular weight is 183 g/mol. The maximum absolute atomic E-state index is 11.2. The highest BCUT2D eigenvalue weighted by molar-refractivity contribution is 5.95. The highest BCUT2D eigenvalue weighted by Crippen LogP contribution is 2.13. The van der Waals surface area contributed by atoms with Gasteiger partial charge in [-0.3, -0.25) is 9.90 Å². The molecule has 0 bridgehead atoms. The topological polar surface area (TPSA) is 75.0 Å². The predicted octanol–water partition coefficient (Wildman–Crippen LogP) is 1.35. The fraction of sp³-hybridized carbons (Fsp3) is 0.500. The molecule has 1 aromatic rings. The molecule has 0 fully saturated rings. The van der Waals surface area contributed by atoms with Crippen LogP contribution in [0.25, 0.3) is 0 Å². The van der Waals surface area contributed by atoms with Gasteiger partial charge in [0, 0.05) is 6.54 Å². The van der Waals surface area contributed by atoms with Crippen LogP contribution in [0.15, 0.2) is 10.8 Å². The summed E-state index contributed by atoms with van der Waals surface area (Å²) in [5.74, 6) is -1.03. The number of aromatic nitrogens is 1. The number of carbonyl (C=O) groups excluding carboxylic acids is 1. The zero-order chi connectivity index (χ0) is 9.68. The summed E-state index contributed by atoms with van der Waals surface area (Å²) in [5.41, 5.74) is -0.0314. The van der Waals surface area contributed by atoms with E-state index in [4.69, 9.17) is 0 Å². The molecule has 71 valence electrons. The molecule has 1 aromatic heterocycles. The van der Waals surface area contributed by atoms with Gasteiger partial charge < -0.3 is 9.84 Å². The molecular weight excluding hydrogens is 172 g/mol. The maximum atomic E-state index is 11.2. The van der Waals surface area contributed by atoms with Gasteiger partial charge in [0.15, 0.2) is 0 Å². The Morgan fingerprint density at radius 1 is 1.69 bits per heavy atom. The van der Waals surface area contributed by atoms with Crippen LogP contribution in [0.5, 0.6) is 5.88 Å². The van der Waals surface area contributed by atoms with E-state index in [2.05, 4.69) is 15.0 Å². The molecule has 5 nitrogen and oxygen atoms in total. The molecule has 0 aliphatic rings. The number of hydrogen-bond donors (Lipinski definition) is 1. The third-order valence-electron chi connectivity index (χ3n) is 1.60. The fourth-order valence-electron chi connectivity index (χ4n) is 0.851. The molecule has 0 unspecified atom stereocenters. The molecular formula is C8H11N2O3. The molecule has 0 aliphatic carbocycles. The number of nitrogens with one attached hydrogen (secondary N) is 1. The van der Waals surface area contributed by atoms with Gasteiger partial charge in [0.05, 0.1) is 0 Å². The van der Waals surface area contributed by atoms with E-state index in [0.29, 0.717) is 6.54 Å². The van der Waals surface area contributed by atoms with Crippen molar-refractivity contribution in [1.29, 1.82) is 0 Å². The minimum Gasteiger partial charge on any atom is -0.360 e. The molecule has 0 atom stereocenters. The van der Waals surface area contributed by atoms with E-state index in [1.807, 2.05) is 6.92 Å². The molecule has 1 N–H and O–H groups in total. The molecule has 0 aliphatic heterocycles. The van der Waals surface area contributed by atoms with Crippen molar-refractivity contribution in [3.63, 3.8) is 0 Å². The van der Waals surface area contributed by atoms with Gasteiger partial charge in [-0.05, 0) is 11.6 Å². The van der Waals surface area contributed by atoms with E-state index >= 15 is 0 Å². The Balaban J connectivity index is 2.45. The summed E-state index contributed by atoms with van der Waals surface area (Å²) < 4.78 is 4.35. The highest BCUT2D eigenvalue weighted by atomic mass is 16.5. The summed E-state index contributed by atoms with van der Waals surface area (Å²) in [6.07, 6.45) is 2.95. The Labute approximate surface area is 75.7 Å². The van der Waals surface area contributed by atoms with E-state index in [-0.39, 0.29) is 5.56 Å². The second kappa shape index (κ2) is 4.49. The molecule has 13 heavy (non-hydrogen) atoms. The molecule has 1 radical (unpaired) electrons. The number of hydrogen-bond acceptors (Lipinski definition) is 3. The third kappa shape index (κ3) is 2.47. The van der Waals surface area contributed by atoms with E-state index in [0.717, 1.165) is 19.1 Å². The van der Waals surface area contributed by atoms with Crippen LogP contribution >= 0.6 is 0 Å². The molecule has 0 aromatic carbocycles. The molecule has 1 rings (SSSR count). The quantitative estimate of drug-likeness (QED) is 0.716. The van der Waals surface area contributed by atoms with Gasteiger partial charge in [-0.25, -0.2) is 0 Å². The Kier molecular flexibility index (Phi) is 3.31. The number of amides is 1. The standard InChI is InChI=1S/C8H11N2O3/c1-2-3-4-9-7(11)6-5-13-10-8(6)12/h5H,2-4H2,1H3,(H,9,11). The average Bonchev–Trinajstić information content (AvgIpc) is 2.52. The summed E-state index contributed by atoms with van der Waals surface area (Å²) in [6, 6.07) is 0. The maximum Gasteiger partial charge on any atom is 0.321 e. The number of rotatable bonds is 4. The first-order valence-corrected chi connectivity index (χ1v) is 4.15. The summed E-state index contributed by atoms with van der Waals surface area (Å²) >= 11 is 0. The summed E-state index contributed by atoms with van der Waals surface area (Å²) in [7, 11) is 0. The summed E-state index contributed by atoms with van der Waals surface area (Å²) in [6.45, 7) is 2.59. The van der Waals surface area contributed by atoms with Crippen LogP contribution in [0.3, 0.4) is 0 Å². The van der Waals surface area contributed by atoms with E-state index < -0.39 is 11.8 Å². The molecule has 0 spiro atoms. The van der Waals surface area contributed by atoms with Gasteiger partial charge in [0.25, 0.3) is 5.91 Å². The second-order valence-corrected chi connectivity index (χ2v) is 2.64. The molecule has 5 heteroatoms. The minimum absolute atomic E-state index is 0.0314. The lowest BCUT2D eigenvalue weighted by Gasteiger charge is -1.99. The van der Waals surface area contributed by atoms with Gasteiger partial charge >= 0.3 is 5.88 Å². The zero-order valence-corrected chi connectivity index (χ0v) is 7.37. The number of nitrogens with zero attached hydrogens (tertiary/aromatic N) is 1. The summed E-state index contributed by atoms with van der Waals surface area (Å²) in [4.78, 5) is 11.2. The summed E-state index contributed by atoms with van der Waals surface area (Å²) in [5, 5.41) is 16.5. The number of unbranched alkanes of at least 4 members (excludes halogenated alkanes) is 1. The van der Waals surface area contributed by atoms with E-state index in [9.17, 15) is 9.90 Å². The van der Waals surface area contributed by atoms with Crippen LogP contribution in [-0.2, 0) is 5.11 Å². The predicted molar refractivity (Wildman–Crippen MR) is 43.9 cm³/mol. The van der Waals surface area contributed by atoms with Gasteiger partial charge in [-0.15, -0.1) is 0 Å². The van der Waals surface area contributed by atoms with Crippen molar-refractivity contribution in [3.05, 3.63) is 11.8 Å². The van der Waals surface area contributed by atoms with Crippen molar-refractivity contribution in [2.75, 3.05) is 6.54 Å². The van der Waals surface area contributed by atoms with Gasteiger partial charge in [-0.1, -0.05) is 13.3 Å². The van der Waals surface area contributed by atoms with Crippen molar-refractivity contribution in [1.82, 2.24) is 10.5 Å². The highest BCUT2D eigenvalue weighted by Gasteiger charge is 2.15. The first kappa shape index (κ1) is 9.57. The molecule has 0 saturated carbocycles. The van der Waals surface area contributed by atoms with Gasteiger partial charge in [0.1, 0.15) is 11.8 Å². The lowest BCUT2D eigenvalue weighted by atomic mass is 10.3. The largest absolute Gasteiger partial charge is 0.360 e. The fourth-order valence-corrected chi connectivity index (χ4v) is 0.851. The van der Waals surface area contributed by atoms with Crippen molar-refractivity contribution >= 4 is 5.91 Å². The lowest BCUT2D eigenvalue weighted by Crippen LogP contribution is -2.23. The Morgan fingerprint density at radius 3 is 3.00 bits per heavy atom. The van der Waals surface area contributed by atoms with E-state index in [1.165, 1.54) is 0 Å². The smallest absolute Gasteiger partial charge is 0.321 e. The normalized spacial score (nSPS) is 9.92. The molecule has 0 saturated heterocycles. The lowest BCUT2D eigenvalue weighted by molar-refractivity contribution is 0.0948. The molecule has 1 amide bonds. The Morgan fingerprint density at radius 2 is 2.46 bits per heavy atom. The SMILES string of the molecule is CCCCNC(=O)c1conc1[O]. The van der Waals surface area contributed by atoms with Crippen molar-refractivity contribution < 1.29 is 14.4 Å². The number of carbonyl (C=O) groups is 1. The zero-order valence-electron chi connectivity index (χ0n) is 7.37. The monoisotopic (exact) mass is 183 g/mol. The molecule has 1 heterocycles. The first-order chi connectivity index (χ1) is 6.25. The second-order valence-electron chi connectivity index (χ2n) is 2.64. The van der Waals surface area contributed by atoms with Gasteiger partial charge in [0.2, 0.25) is 0 Å². The Bertz CT molecular complexity index is 283. The first-order valence-electron chi connectivity index (χ1n) is 4.15. The van der Waals surface area contributed by atoms with Crippen LogP contribution in [0.2, 0.25) is 0 Å². The van der Waals surface area contributed by atoms with Crippen molar-refractivity contribution in [2.24, 2.45) is 0 Å². The van der Waals surface area contributed by atoms with Crippen molar-refractivity contribution in [2.45, 2.75) is 19.8 Å². The van der Waals surface area contributed by atoms with Crippen molar-refractivity contribution in [3.8, 4) is 5.88 Å². The minimum atomic E-state index is -0.617. The van der Waals surface area contributed by atoms with E-state index in [1.54, 1.807) is 0 Å².